The first-order valence-corrected chi connectivity index (χ1v) is 11.4. The van der Waals surface area contributed by atoms with Crippen molar-refractivity contribution in [3.05, 3.63) is 29.3 Å². The topological polar surface area (TPSA) is 79.4 Å². The first kappa shape index (κ1) is 18.9. The fourth-order valence-corrected chi connectivity index (χ4v) is 5.95. The average molecular weight is 420 g/mol. The first-order chi connectivity index (χ1) is 13.9. The number of fused-ring (bicyclic) bond motifs is 1. The van der Waals surface area contributed by atoms with Gasteiger partial charge in [0.15, 0.2) is 0 Å². The van der Waals surface area contributed by atoms with E-state index in [1.807, 2.05) is 16.8 Å². The Bertz CT molecular complexity index is 966. The van der Waals surface area contributed by atoms with Crippen molar-refractivity contribution < 1.29 is 22.7 Å². The molecule has 1 aromatic carbocycles. The minimum atomic E-state index is -3.61. The van der Waals surface area contributed by atoms with E-state index in [9.17, 15) is 13.2 Å². The maximum Gasteiger partial charge on any atom is 0.243 e. The molecule has 4 heterocycles. The average Bonchev–Trinajstić information content (AvgIpc) is 3.44. The van der Waals surface area contributed by atoms with Gasteiger partial charge in [-0.15, -0.1) is 0 Å². The number of anilines is 1. The van der Waals surface area contributed by atoms with Gasteiger partial charge in [0.25, 0.3) is 0 Å². The monoisotopic (exact) mass is 419 g/mol. The molecule has 0 N–H and O–H groups in total. The third-order valence-electron chi connectivity index (χ3n) is 6.25. The second-order valence-corrected chi connectivity index (χ2v) is 10.1. The number of amides is 1. The van der Waals surface area contributed by atoms with Crippen molar-refractivity contribution in [1.29, 1.82) is 0 Å². The molecule has 1 unspecified atom stereocenters. The Kier molecular flexibility index (Phi) is 4.56. The van der Waals surface area contributed by atoms with E-state index in [-0.39, 0.29) is 16.7 Å². The van der Waals surface area contributed by atoms with E-state index in [4.69, 9.17) is 9.47 Å². The highest BCUT2D eigenvalue weighted by Crippen LogP contribution is 2.36. The summed E-state index contributed by atoms with van der Waals surface area (Å²) in [7, 11) is -1.67. The molecule has 4 aliphatic heterocycles. The summed E-state index contributed by atoms with van der Waals surface area (Å²) in [5, 5.41) is 0. The van der Waals surface area contributed by atoms with Crippen molar-refractivity contribution in [2.24, 2.45) is 5.92 Å². The van der Waals surface area contributed by atoms with Gasteiger partial charge in [-0.05, 0) is 35.8 Å². The Balaban J connectivity index is 1.29. The van der Waals surface area contributed by atoms with Crippen LogP contribution in [0.4, 0.5) is 5.69 Å². The van der Waals surface area contributed by atoms with Crippen molar-refractivity contribution in [2.75, 3.05) is 64.5 Å². The van der Waals surface area contributed by atoms with Crippen LogP contribution in [0.15, 0.2) is 34.2 Å². The molecule has 9 heteroatoms. The zero-order valence-electron chi connectivity index (χ0n) is 16.5. The zero-order chi connectivity index (χ0) is 20.2. The summed E-state index contributed by atoms with van der Waals surface area (Å²) in [6.07, 6.45) is 0.775. The van der Waals surface area contributed by atoms with Gasteiger partial charge in [0.1, 0.15) is 12.4 Å². The number of rotatable bonds is 3. The van der Waals surface area contributed by atoms with Gasteiger partial charge < -0.3 is 19.3 Å². The number of hydrogen-bond acceptors (Lipinski definition) is 6. The van der Waals surface area contributed by atoms with Gasteiger partial charge in [-0.2, -0.15) is 4.31 Å². The Labute approximate surface area is 170 Å². The molecule has 0 aromatic heterocycles. The summed E-state index contributed by atoms with van der Waals surface area (Å²) < 4.78 is 38.9. The number of ether oxygens (including phenoxy) is 2. The molecule has 0 saturated carbocycles. The van der Waals surface area contributed by atoms with Crippen molar-refractivity contribution in [3.8, 4) is 5.75 Å². The molecule has 1 amide bonds. The largest absolute Gasteiger partial charge is 0.490 e. The molecule has 1 saturated heterocycles. The van der Waals surface area contributed by atoms with E-state index in [1.165, 1.54) is 4.31 Å². The van der Waals surface area contributed by atoms with Gasteiger partial charge in [0.2, 0.25) is 15.9 Å². The fraction of sp³-hybridized carbons (Fsp3) is 0.550. The van der Waals surface area contributed by atoms with Crippen LogP contribution in [-0.2, 0) is 19.6 Å². The molecule has 5 rings (SSSR count). The fourth-order valence-electron chi connectivity index (χ4n) is 4.50. The van der Waals surface area contributed by atoms with Crippen LogP contribution in [0.1, 0.15) is 6.42 Å². The van der Waals surface area contributed by atoms with Gasteiger partial charge in [-0.3, -0.25) is 4.79 Å². The van der Waals surface area contributed by atoms with Crippen molar-refractivity contribution >= 4 is 21.6 Å². The van der Waals surface area contributed by atoms with Crippen LogP contribution in [-0.4, -0.2) is 83.1 Å². The van der Waals surface area contributed by atoms with Gasteiger partial charge >= 0.3 is 0 Å². The quantitative estimate of drug-likeness (QED) is 0.671. The summed E-state index contributed by atoms with van der Waals surface area (Å²) in [6, 6.07) is 5.05. The lowest BCUT2D eigenvalue weighted by atomic mass is 10.1. The zero-order valence-corrected chi connectivity index (χ0v) is 17.3. The molecule has 156 valence electrons. The van der Waals surface area contributed by atoms with Crippen molar-refractivity contribution in [2.45, 2.75) is 11.3 Å². The van der Waals surface area contributed by atoms with Gasteiger partial charge in [-0.25, -0.2) is 8.42 Å². The highest BCUT2D eigenvalue weighted by Gasteiger charge is 2.39. The maximum atomic E-state index is 13.2. The maximum absolute atomic E-state index is 13.2. The highest BCUT2D eigenvalue weighted by molar-refractivity contribution is 7.89. The van der Waals surface area contributed by atoms with Crippen LogP contribution in [0.2, 0.25) is 0 Å². The molecule has 0 aliphatic carbocycles. The number of benzene rings is 1. The minimum Gasteiger partial charge on any atom is -0.490 e. The number of carbonyl (C=O) groups is 1. The molecule has 1 aromatic rings. The molecule has 1 fully saturated rings. The Morgan fingerprint density at radius 3 is 2.55 bits per heavy atom. The molecule has 0 radical (unpaired) electrons. The van der Waals surface area contributed by atoms with Crippen LogP contribution in [0.3, 0.4) is 0 Å². The third kappa shape index (κ3) is 3.21. The lowest BCUT2D eigenvalue weighted by Gasteiger charge is -2.28. The number of likely N-dealkylation sites (N-methyl/N-ethyl adjacent to an activating group) is 1. The summed E-state index contributed by atoms with van der Waals surface area (Å²) in [5.41, 5.74) is 2.91. The van der Waals surface area contributed by atoms with Crippen LogP contribution < -0.4 is 9.64 Å². The van der Waals surface area contributed by atoms with E-state index < -0.39 is 10.0 Å². The SMILES string of the molecule is CN1CCOc2ccc(S(=O)(=O)N3CC4=C(CN(C(=O)C5CCOC5)C4)C3)cc21. The predicted octanol–water partition coefficient (Wildman–Crippen LogP) is 0.695. The lowest BCUT2D eigenvalue weighted by molar-refractivity contribution is -0.134. The van der Waals surface area contributed by atoms with E-state index >= 15 is 0 Å². The van der Waals surface area contributed by atoms with Crippen LogP contribution in [0.5, 0.6) is 5.75 Å². The highest BCUT2D eigenvalue weighted by atomic mass is 32.2. The number of carbonyl (C=O) groups excluding carboxylic acids is 1. The molecule has 1 atom stereocenters. The van der Waals surface area contributed by atoms with E-state index in [2.05, 4.69) is 0 Å². The number of hydrogen-bond donors (Lipinski definition) is 0. The summed E-state index contributed by atoms with van der Waals surface area (Å²) in [6.45, 7) is 4.22. The molecule has 8 nitrogen and oxygen atoms in total. The first-order valence-electron chi connectivity index (χ1n) is 9.98. The van der Waals surface area contributed by atoms with Crippen LogP contribution in [0, 0.1) is 5.92 Å². The number of nitrogens with zero attached hydrogens (tertiary/aromatic N) is 3. The third-order valence-corrected chi connectivity index (χ3v) is 8.04. The molecule has 4 aliphatic rings. The smallest absolute Gasteiger partial charge is 0.243 e. The molecule has 0 spiro atoms. The van der Waals surface area contributed by atoms with Gasteiger partial charge in [0, 0.05) is 39.8 Å². The van der Waals surface area contributed by atoms with Crippen molar-refractivity contribution in [1.82, 2.24) is 9.21 Å². The molecular formula is C20H25N3O5S. The summed E-state index contributed by atoms with van der Waals surface area (Å²) in [4.78, 5) is 16.8. The van der Waals surface area contributed by atoms with Crippen molar-refractivity contribution in [3.63, 3.8) is 0 Å². The second kappa shape index (κ2) is 7.00. The molecule has 0 bridgehead atoms. The second-order valence-electron chi connectivity index (χ2n) is 8.13. The van der Waals surface area contributed by atoms with Crippen LogP contribution in [0.25, 0.3) is 0 Å². The molecule has 29 heavy (non-hydrogen) atoms. The van der Waals surface area contributed by atoms with E-state index in [0.29, 0.717) is 51.7 Å². The van der Waals surface area contributed by atoms with Gasteiger partial charge in [0.05, 0.1) is 29.7 Å². The predicted molar refractivity (Wildman–Crippen MR) is 106 cm³/mol. The number of sulfonamides is 1. The lowest BCUT2D eigenvalue weighted by Crippen LogP contribution is -2.39. The Hall–Kier alpha value is -2.10. The van der Waals surface area contributed by atoms with Gasteiger partial charge in [-0.1, -0.05) is 0 Å². The van der Waals surface area contributed by atoms with E-state index in [0.717, 1.165) is 29.8 Å². The minimum absolute atomic E-state index is 0.0513. The van der Waals surface area contributed by atoms with Crippen LogP contribution >= 0.6 is 0 Å². The summed E-state index contributed by atoms with van der Waals surface area (Å²) in [5.74, 6) is 0.790. The summed E-state index contributed by atoms with van der Waals surface area (Å²) >= 11 is 0. The molecular weight excluding hydrogens is 394 g/mol. The Morgan fingerprint density at radius 1 is 1.10 bits per heavy atom. The Morgan fingerprint density at radius 2 is 1.86 bits per heavy atom. The standard InChI is InChI=1S/C20H25N3O5S/c1-21-5-7-28-19-3-2-17(8-18(19)21)29(25,26)23-11-15-9-22(10-16(15)12-23)20(24)14-4-6-27-13-14/h2-3,8,14H,4-7,9-13H2,1H3. The normalized spacial score (nSPS) is 24.7. The van der Waals surface area contributed by atoms with E-state index in [1.54, 1.807) is 18.2 Å².